The molecule has 2 aromatic rings. The largest absolute Gasteiger partial charge is 0.395 e. The van der Waals surface area contributed by atoms with E-state index in [1.807, 2.05) is 31.2 Å². The maximum atomic E-state index is 11.7. The van der Waals surface area contributed by atoms with Crippen molar-refractivity contribution in [1.82, 2.24) is 9.88 Å². The lowest BCUT2D eigenvalue weighted by molar-refractivity contribution is 0.202. The maximum absolute atomic E-state index is 11.7. The molecule has 0 fully saturated rings. The zero-order chi connectivity index (χ0) is 13.1. The summed E-state index contributed by atoms with van der Waals surface area (Å²) in [5.74, 6) is 0. The second-order valence-electron chi connectivity index (χ2n) is 4.33. The average molecular weight is 247 g/mol. The highest BCUT2D eigenvalue weighted by Crippen LogP contribution is 2.19. The molecule has 2 amide bonds. The molecule has 3 N–H and O–H groups in total. The molecule has 0 atom stereocenters. The predicted octanol–water partition coefficient (Wildman–Crippen LogP) is 1.93. The van der Waals surface area contributed by atoms with Crippen molar-refractivity contribution in [2.75, 3.05) is 25.5 Å². The molecule has 0 aliphatic carbocycles. The lowest BCUT2D eigenvalue weighted by Crippen LogP contribution is -2.33. The first kappa shape index (κ1) is 12.4. The van der Waals surface area contributed by atoms with Gasteiger partial charge in [-0.25, -0.2) is 4.79 Å². The number of urea groups is 1. The van der Waals surface area contributed by atoms with Crippen LogP contribution in [0.1, 0.15) is 5.69 Å². The van der Waals surface area contributed by atoms with Crippen LogP contribution in [-0.2, 0) is 0 Å². The summed E-state index contributed by atoms with van der Waals surface area (Å²) in [7, 11) is 1.64. The summed E-state index contributed by atoms with van der Waals surface area (Å²) in [5.41, 5.74) is 2.89. The number of anilines is 1. The van der Waals surface area contributed by atoms with Crippen LogP contribution < -0.4 is 5.32 Å². The number of benzene rings is 1. The lowest BCUT2D eigenvalue weighted by Gasteiger charge is -2.16. The third kappa shape index (κ3) is 2.62. The van der Waals surface area contributed by atoms with Crippen LogP contribution in [0.25, 0.3) is 10.9 Å². The highest BCUT2D eigenvalue weighted by atomic mass is 16.3. The Morgan fingerprint density at radius 1 is 1.44 bits per heavy atom. The quantitative estimate of drug-likeness (QED) is 0.775. The molecule has 0 radical (unpaired) electrons. The summed E-state index contributed by atoms with van der Waals surface area (Å²) in [4.78, 5) is 16.4. The third-order valence-corrected chi connectivity index (χ3v) is 2.79. The van der Waals surface area contributed by atoms with E-state index in [0.717, 1.165) is 22.3 Å². The highest BCUT2D eigenvalue weighted by Gasteiger charge is 2.08. The Labute approximate surface area is 105 Å². The fraction of sp³-hybridized carbons (Fsp3) is 0.308. The normalized spacial score (nSPS) is 10.6. The number of hydrogen-bond donors (Lipinski definition) is 3. The van der Waals surface area contributed by atoms with Gasteiger partial charge in [-0.15, -0.1) is 0 Å². The molecule has 2 rings (SSSR count). The summed E-state index contributed by atoms with van der Waals surface area (Å²) in [6.07, 6.45) is 0. The molecule has 1 aromatic heterocycles. The Bertz CT molecular complexity index is 562. The number of aliphatic hydroxyl groups excluding tert-OH is 1. The van der Waals surface area contributed by atoms with Crippen LogP contribution in [0.4, 0.5) is 10.5 Å². The Morgan fingerprint density at radius 2 is 2.22 bits per heavy atom. The van der Waals surface area contributed by atoms with Gasteiger partial charge in [0.15, 0.2) is 0 Å². The number of carbonyl (C=O) groups excluding carboxylic acids is 1. The van der Waals surface area contributed by atoms with Gasteiger partial charge in [-0.05, 0) is 31.2 Å². The van der Waals surface area contributed by atoms with Crippen molar-refractivity contribution in [1.29, 1.82) is 0 Å². The number of aromatic amines is 1. The van der Waals surface area contributed by atoms with Gasteiger partial charge in [-0.1, -0.05) is 0 Å². The molecule has 0 bridgehead atoms. The Morgan fingerprint density at radius 3 is 2.94 bits per heavy atom. The Balaban J connectivity index is 2.14. The number of nitrogens with one attached hydrogen (secondary N) is 2. The van der Waals surface area contributed by atoms with Gasteiger partial charge < -0.3 is 20.3 Å². The van der Waals surface area contributed by atoms with Gasteiger partial charge in [0.2, 0.25) is 0 Å². The summed E-state index contributed by atoms with van der Waals surface area (Å²) in [6.45, 7) is 2.27. The van der Waals surface area contributed by atoms with Crippen LogP contribution in [0, 0.1) is 6.92 Å². The van der Waals surface area contributed by atoms with Crippen LogP contribution in [0.3, 0.4) is 0 Å². The fourth-order valence-corrected chi connectivity index (χ4v) is 1.83. The number of aryl methyl sites for hydroxylation is 1. The van der Waals surface area contributed by atoms with Crippen LogP contribution in [-0.4, -0.2) is 41.2 Å². The number of amides is 2. The zero-order valence-corrected chi connectivity index (χ0v) is 10.5. The molecule has 0 aliphatic rings. The van der Waals surface area contributed by atoms with E-state index < -0.39 is 0 Å². The molecule has 96 valence electrons. The van der Waals surface area contributed by atoms with Gasteiger partial charge >= 0.3 is 6.03 Å². The minimum Gasteiger partial charge on any atom is -0.395 e. The second kappa shape index (κ2) is 5.10. The standard InChI is InChI=1S/C13H17N3O2/c1-9-7-10-8-11(3-4-12(10)14-9)15-13(18)16(2)5-6-17/h3-4,7-8,14,17H,5-6H2,1-2H3,(H,15,18). The summed E-state index contributed by atoms with van der Waals surface area (Å²) in [6, 6.07) is 7.51. The maximum Gasteiger partial charge on any atom is 0.321 e. The second-order valence-corrected chi connectivity index (χ2v) is 4.33. The lowest BCUT2D eigenvalue weighted by atomic mass is 10.2. The first-order valence-corrected chi connectivity index (χ1v) is 5.82. The molecule has 5 nitrogen and oxygen atoms in total. The number of aliphatic hydroxyl groups is 1. The van der Waals surface area contributed by atoms with Gasteiger partial charge in [0, 0.05) is 35.9 Å². The number of carbonyl (C=O) groups is 1. The first-order chi connectivity index (χ1) is 8.60. The van der Waals surface area contributed by atoms with E-state index in [4.69, 9.17) is 5.11 Å². The van der Waals surface area contributed by atoms with E-state index >= 15 is 0 Å². The smallest absolute Gasteiger partial charge is 0.321 e. The van der Waals surface area contributed by atoms with E-state index in [0.29, 0.717) is 6.54 Å². The third-order valence-electron chi connectivity index (χ3n) is 2.79. The molecule has 0 unspecified atom stereocenters. The number of aromatic nitrogens is 1. The SMILES string of the molecule is Cc1cc2cc(NC(=O)N(C)CCO)ccc2[nH]1. The molecular weight excluding hydrogens is 230 g/mol. The number of hydrogen-bond acceptors (Lipinski definition) is 2. The van der Waals surface area contributed by atoms with E-state index in [2.05, 4.69) is 10.3 Å². The van der Waals surface area contributed by atoms with Gasteiger partial charge in [0.1, 0.15) is 0 Å². The predicted molar refractivity (Wildman–Crippen MR) is 71.8 cm³/mol. The van der Waals surface area contributed by atoms with Crippen molar-refractivity contribution in [2.45, 2.75) is 6.92 Å². The van der Waals surface area contributed by atoms with Crippen LogP contribution in [0.15, 0.2) is 24.3 Å². The van der Waals surface area contributed by atoms with Gasteiger partial charge in [-0.3, -0.25) is 0 Å². The summed E-state index contributed by atoms with van der Waals surface area (Å²) >= 11 is 0. The summed E-state index contributed by atoms with van der Waals surface area (Å²) in [5, 5.41) is 12.6. The summed E-state index contributed by atoms with van der Waals surface area (Å²) < 4.78 is 0. The van der Waals surface area contributed by atoms with Crippen LogP contribution in [0.5, 0.6) is 0 Å². The number of H-pyrrole nitrogens is 1. The van der Waals surface area contributed by atoms with Crippen molar-refractivity contribution >= 4 is 22.6 Å². The topological polar surface area (TPSA) is 68.4 Å². The molecule has 5 heteroatoms. The van der Waals surface area contributed by atoms with E-state index in [1.54, 1.807) is 7.05 Å². The Hall–Kier alpha value is -2.01. The molecular formula is C13H17N3O2. The zero-order valence-electron chi connectivity index (χ0n) is 10.5. The average Bonchev–Trinajstić information content (AvgIpc) is 2.68. The number of fused-ring (bicyclic) bond motifs is 1. The molecule has 0 saturated carbocycles. The number of rotatable bonds is 3. The highest BCUT2D eigenvalue weighted by molar-refractivity contribution is 5.92. The van der Waals surface area contributed by atoms with Gasteiger partial charge in [0.05, 0.1) is 6.61 Å². The van der Waals surface area contributed by atoms with Crippen LogP contribution in [0.2, 0.25) is 0 Å². The fourth-order valence-electron chi connectivity index (χ4n) is 1.83. The van der Waals surface area contributed by atoms with Gasteiger partial charge in [-0.2, -0.15) is 0 Å². The first-order valence-electron chi connectivity index (χ1n) is 5.82. The van der Waals surface area contributed by atoms with E-state index in [9.17, 15) is 4.79 Å². The minimum atomic E-state index is -0.226. The minimum absolute atomic E-state index is 0.0417. The Kier molecular flexibility index (Phi) is 3.53. The van der Waals surface area contributed by atoms with Gasteiger partial charge in [0.25, 0.3) is 0 Å². The van der Waals surface area contributed by atoms with Crippen molar-refractivity contribution in [2.24, 2.45) is 0 Å². The van der Waals surface area contributed by atoms with Crippen LogP contribution >= 0.6 is 0 Å². The molecule has 0 aliphatic heterocycles. The number of nitrogens with zero attached hydrogens (tertiary/aromatic N) is 1. The number of likely N-dealkylation sites (N-methyl/N-ethyl adjacent to an activating group) is 1. The monoisotopic (exact) mass is 247 g/mol. The molecule has 0 saturated heterocycles. The molecule has 1 heterocycles. The molecule has 1 aromatic carbocycles. The van der Waals surface area contributed by atoms with Crippen molar-refractivity contribution in [3.8, 4) is 0 Å². The van der Waals surface area contributed by atoms with Crippen molar-refractivity contribution in [3.63, 3.8) is 0 Å². The van der Waals surface area contributed by atoms with E-state index in [-0.39, 0.29) is 12.6 Å². The van der Waals surface area contributed by atoms with E-state index in [1.165, 1.54) is 4.90 Å². The molecule has 18 heavy (non-hydrogen) atoms. The van der Waals surface area contributed by atoms with Crippen molar-refractivity contribution in [3.05, 3.63) is 30.0 Å². The van der Waals surface area contributed by atoms with Crippen molar-refractivity contribution < 1.29 is 9.90 Å². The molecule has 0 spiro atoms.